The molecule has 0 aliphatic rings. The molecule has 0 fully saturated rings. The SMILES string of the molecule is CCN(CC)C(=O)[C@@H](C)NC(=O)c1cccnc1SC(C)C. The van der Waals surface area contributed by atoms with Gasteiger partial charge in [0.25, 0.3) is 5.91 Å². The molecule has 122 valence electrons. The molecule has 0 aromatic carbocycles. The number of aromatic nitrogens is 1. The molecule has 0 aliphatic heterocycles. The summed E-state index contributed by atoms with van der Waals surface area (Å²) >= 11 is 1.54. The van der Waals surface area contributed by atoms with Crippen LogP contribution in [0.5, 0.6) is 0 Å². The van der Waals surface area contributed by atoms with E-state index in [-0.39, 0.29) is 11.8 Å². The first kappa shape index (κ1) is 18.5. The van der Waals surface area contributed by atoms with Crippen molar-refractivity contribution < 1.29 is 9.59 Å². The largest absolute Gasteiger partial charge is 0.341 e. The van der Waals surface area contributed by atoms with Crippen molar-refractivity contribution in [2.45, 2.75) is 50.9 Å². The molecule has 0 saturated carbocycles. The van der Waals surface area contributed by atoms with E-state index >= 15 is 0 Å². The maximum atomic E-state index is 12.4. The Kier molecular flexibility index (Phi) is 7.38. The molecule has 1 rings (SSSR count). The van der Waals surface area contributed by atoms with Crippen molar-refractivity contribution in [2.24, 2.45) is 0 Å². The predicted octanol–water partition coefficient (Wildman–Crippen LogP) is 2.57. The number of thioether (sulfide) groups is 1. The highest BCUT2D eigenvalue weighted by Gasteiger charge is 2.22. The molecule has 0 spiro atoms. The summed E-state index contributed by atoms with van der Waals surface area (Å²) in [6.45, 7) is 10.9. The van der Waals surface area contributed by atoms with Crippen LogP contribution in [0, 0.1) is 0 Å². The number of nitrogens with zero attached hydrogens (tertiary/aromatic N) is 2. The topological polar surface area (TPSA) is 62.3 Å². The van der Waals surface area contributed by atoms with Crippen molar-refractivity contribution in [1.82, 2.24) is 15.2 Å². The van der Waals surface area contributed by atoms with Gasteiger partial charge >= 0.3 is 0 Å². The normalized spacial score (nSPS) is 12.1. The summed E-state index contributed by atoms with van der Waals surface area (Å²) < 4.78 is 0. The van der Waals surface area contributed by atoms with Gasteiger partial charge in [-0.15, -0.1) is 11.8 Å². The first-order valence-electron chi connectivity index (χ1n) is 7.61. The Balaban J connectivity index is 2.83. The Morgan fingerprint density at radius 1 is 1.27 bits per heavy atom. The quantitative estimate of drug-likeness (QED) is 0.783. The molecule has 0 saturated heterocycles. The van der Waals surface area contributed by atoms with Gasteiger partial charge in [-0.25, -0.2) is 4.98 Å². The number of carbonyl (C=O) groups is 2. The molecule has 1 aromatic heterocycles. The van der Waals surface area contributed by atoms with Crippen molar-refractivity contribution >= 4 is 23.6 Å². The van der Waals surface area contributed by atoms with E-state index in [2.05, 4.69) is 10.3 Å². The number of amides is 2. The highest BCUT2D eigenvalue weighted by molar-refractivity contribution is 7.99. The fourth-order valence-electron chi connectivity index (χ4n) is 2.03. The predicted molar refractivity (Wildman–Crippen MR) is 90.1 cm³/mol. The van der Waals surface area contributed by atoms with E-state index in [0.29, 0.717) is 28.9 Å². The van der Waals surface area contributed by atoms with Crippen LogP contribution in [0.15, 0.2) is 23.4 Å². The second-order valence-corrected chi connectivity index (χ2v) is 6.79. The average molecular weight is 323 g/mol. The van der Waals surface area contributed by atoms with Crippen LogP contribution >= 0.6 is 11.8 Å². The summed E-state index contributed by atoms with van der Waals surface area (Å²) in [7, 11) is 0. The summed E-state index contributed by atoms with van der Waals surface area (Å²) in [6.07, 6.45) is 1.67. The van der Waals surface area contributed by atoms with Crippen LogP contribution in [0.3, 0.4) is 0 Å². The molecular formula is C16H25N3O2S. The Morgan fingerprint density at radius 3 is 2.45 bits per heavy atom. The monoisotopic (exact) mass is 323 g/mol. The van der Waals surface area contributed by atoms with Gasteiger partial charge in [-0.2, -0.15) is 0 Å². The van der Waals surface area contributed by atoms with Gasteiger partial charge in [0.2, 0.25) is 5.91 Å². The molecule has 1 atom stereocenters. The summed E-state index contributed by atoms with van der Waals surface area (Å²) in [6, 6.07) is 2.92. The van der Waals surface area contributed by atoms with Crippen molar-refractivity contribution in [3.8, 4) is 0 Å². The maximum absolute atomic E-state index is 12.4. The van der Waals surface area contributed by atoms with E-state index in [4.69, 9.17) is 0 Å². The lowest BCUT2D eigenvalue weighted by Crippen LogP contribution is -2.46. The Labute approximate surface area is 136 Å². The van der Waals surface area contributed by atoms with Crippen molar-refractivity contribution in [1.29, 1.82) is 0 Å². The Morgan fingerprint density at radius 2 is 1.91 bits per heavy atom. The van der Waals surface area contributed by atoms with Gasteiger partial charge in [-0.3, -0.25) is 9.59 Å². The van der Waals surface area contributed by atoms with Crippen molar-refractivity contribution in [3.63, 3.8) is 0 Å². The zero-order chi connectivity index (χ0) is 16.7. The van der Waals surface area contributed by atoms with E-state index in [9.17, 15) is 9.59 Å². The first-order chi connectivity index (χ1) is 10.4. The molecule has 1 N–H and O–H groups in total. The summed E-state index contributed by atoms with van der Waals surface area (Å²) in [4.78, 5) is 30.6. The minimum Gasteiger partial charge on any atom is -0.341 e. The fourth-order valence-corrected chi connectivity index (χ4v) is 2.88. The van der Waals surface area contributed by atoms with Crippen molar-refractivity contribution in [2.75, 3.05) is 13.1 Å². The average Bonchev–Trinajstić information content (AvgIpc) is 2.48. The summed E-state index contributed by atoms with van der Waals surface area (Å²) in [5, 5.41) is 3.80. The van der Waals surface area contributed by atoms with Crippen LogP contribution in [-0.2, 0) is 4.79 Å². The van der Waals surface area contributed by atoms with Crippen LogP contribution in [0.4, 0.5) is 0 Å². The molecule has 0 bridgehead atoms. The second-order valence-electron chi connectivity index (χ2n) is 5.23. The lowest BCUT2D eigenvalue weighted by atomic mass is 10.2. The standard InChI is InChI=1S/C16H25N3O2S/c1-6-19(7-2)16(21)12(5)18-14(20)13-9-8-10-17-15(13)22-11(3)4/h8-12H,6-7H2,1-5H3,(H,18,20)/t12-/m1/s1. The summed E-state index contributed by atoms with van der Waals surface area (Å²) in [5.41, 5.74) is 0.514. The Hall–Kier alpha value is -1.56. The van der Waals surface area contributed by atoms with Gasteiger partial charge in [0.05, 0.1) is 5.56 Å². The molecule has 6 heteroatoms. The zero-order valence-electron chi connectivity index (χ0n) is 13.9. The van der Waals surface area contributed by atoms with Crippen LogP contribution in [0.1, 0.15) is 45.0 Å². The van der Waals surface area contributed by atoms with Crippen LogP contribution in [0.25, 0.3) is 0 Å². The number of rotatable bonds is 7. The van der Waals surface area contributed by atoms with E-state index in [1.165, 1.54) is 11.8 Å². The van der Waals surface area contributed by atoms with Crippen LogP contribution < -0.4 is 5.32 Å². The molecule has 2 amide bonds. The van der Waals surface area contributed by atoms with E-state index < -0.39 is 6.04 Å². The van der Waals surface area contributed by atoms with Gasteiger partial charge in [0.1, 0.15) is 11.1 Å². The van der Waals surface area contributed by atoms with Gasteiger partial charge < -0.3 is 10.2 Å². The van der Waals surface area contributed by atoms with Crippen molar-refractivity contribution in [3.05, 3.63) is 23.9 Å². The molecule has 0 unspecified atom stereocenters. The van der Waals surface area contributed by atoms with E-state index in [1.807, 2.05) is 27.7 Å². The molecule has 1 aromatic rings. The van der Waals surface area contributed by atoms with Gasteiger partial charge in [0.15, 0.2) is 0 Å². The second kappa shape index (κ2) is 8.78. The highest BCUT2D eigenvalue weighted by atomic mass is 32.2. The van der Waals surface area contributed by atoms with Gasteiger partial charge in [-0.1, -0.05) is 13.8 Å². The maximum Gasteiger partial charge on any atom is 0.254 e. The lowest BCUT2D eigenvalue weighted by Gasteiger charge is -2.23. The fraction of sp³-hybridized carbons (Fsp3) is 0.562. The molecule has 1 heterocycles. The number of pyridine rings is 1. The number of hydrogen-bond acceptors (Lipinski definition) is 4. The summed E-state index contributed by atoms with van der Waals surface area (Å²) in [5.74, 6) is -0.329. The highest BCUT2D eigenvalue weighted by Crippen LogP contribution is 2.24. The molecular weight excluding hydrogens is 298 g/mol. The lowest BCUT2D eigenvalue weighted by molar-refractivity contribution is -0.132. The molecule has 22 heavy (non-hydrogen) atoms. The molecule has 0 radical (unpaired) electrons. The van der Waals surface area contributed by atoms with E-state index in [1.54, 1.807) is 30.2 Å². The Bertz CT molecular complexity index is 516. The third-order valence-electron chi connectivity index (χ3n) is 3.16. The minimum absolute atomic E-state index is 0.0692. The third kappa shape index (κ3) is 5.02. The third-order valence-corrected chi connectivity index (χ3v) is 4.18. The number of likely N-dealkylation sites (N-methyl/N-ethyl adjacent to an activating group) is 1. The smallest absolute Gasteiger partial charge is 0.254 e. The zero-order valence-corrected chi connectivity index (χ0v) is 14.7. The molecule has 5 nitrogen and oxygen atoms in total. The minimum atomic E-state index is -0.551. The van der Waals surface area contributed by atoms with Crippen LogP contribution in [0.2, 0.25) is 0 Å². The number of nitrogens with one attached hydrogen (secondary N) is 1. The molecule has 0 aliphatic carbocycles. The van der Waals surface area contributed by atoms with Gasteiger partial charge in [0, 0.05) is 24.5 Å². The number of hydrogen-bond donors (Lipinski definition) is 1. The van der Waals surface area contributed by atoms with E-state index in [0.717, 1.165) is 0 Å². The van der Waals surface area contributed by atoms with Gasteiger partial charge in [-0.05, 0) is 32.9 Å². The van der Waals surface area contributed by atoms with Crippen LogP contribution in [-0.4, -0.2) is 46.1 Å². The first-order valence-corrected chi connectivity index (χ1v) is 8.49. The number of carbonyl (C=O) groups excluding carboxylic acids is 2.